The van der Waals surface area contributed by atoms with Gasteiger partial charge in [-0.15, -0.1) is 0 Å². The molecule has 11 heteroatoms. The quantitative estimate of drug-likeness (QED) is 0.183. The summed E-state index contributed by atoms with van der Waals surface area (Å²) in [6, 6.07) is 11.7. The number of rotatable bonds is 3. The Morgan fingerprint density at radius 1 is 0.868 bits per heavy atom. The molecule has 2 aromatic rings. The average Bonchev–Trinajstić information content (AvgIpc) is 3.02. The SMILES string of the molecule is Cc1cc(C=NC2c3ccccc3CC2[O-])c([O-])c(C23CC4CC(CC(C4)C2)C3)c1.[Cr+3].[F-].[F-].[F-].[F-].[F-].[F-].[Sb]. The number of hydrogen-bond acceptors (Lipinski definition) is 3. The first kappa shape index (κ1) is 41.3. The molecule has 4 fully saturated rings. The monoisotopic (exact) mass is 686 g/mol. The zero-order valence-electron chi connectivity index (χ0n) is 20.8. The van der Waals surface area contributed by atoms with Gasteiger partial charge in [0.15, 0.2) is 0 Å². The van der Waals surface area contributed by atoms with Gasteiger partial charge in [-0.2, -0.15) is 0 Å². The molecule has 3 nitrogen and oxygen atoms in total. The fourth-order valence-corrected chi connectivity index (χ4v) is 7.61. The van der Waals surface area contributed by atoms with E-state index >= 15 is 0 Å². The molecule has 7 rings (SSSR count). The standard InChI is InChI=1S/C27H30NO2.Cr.6FH.Sb/c1-16-6-21(15-28-25-22-5-3-2-4-20(22)11-24(25)29)26(30)23(7-16)27-12-17-8-18(13-27)10-19(9-17)14-27;;;;;;;;/h2-7,15,17-19,24-25,30H,8-14H2,1H3;;6*1H;/q-1;+3;;;;;;;/p-7. The van der Waals surface area contributed by atoms with E-state index in [0.717, 1.165) is 40.0 Å². The van der Waals surface area contributed by atoms with Crippen molar-refractivity contribution in [3.63, 3.8) is 0 Å². The van der Waals surface area contributed by atoms with Crippen LogP contribution in [0, 0.1) is 24.7 Å². The van der Waals surface area contributed by atoms with E-state index in [2.05, 4.69) is 18.0 Å². The molecule has 0 amide bonds. The summed E-state index contributed by atoms with van der Waals surface area (Å²) in [7, 11) is 0. The van der Waals surface area contributed by atoms with Crippen molar-refractivity contribution in [1.29, 1.82) is 0 Å². The van der Waals surface area contributed by atoms with Crippen LogP contribution in [0.15, 0.2) is 41.4 Å². The van der Waals surface area contributed by atoms with E-state index in [4.69, 9.17) is 0 Å². The predicted molar refractivity (Wildman–Crippen MR) is 120 cm³/mol. The first-order valence-electron chi connectivity index (χ1n) is 11.6. The zero-order chi connectivity index (χ0) is 20.5. The molecule has 38 heavy (non-hydrogen) atoms. The van der Waals surface area contributed by atoms with Gasteiger partial charge in [-0.05, 0) is 97.3 Å². The maximum absolute atomic E-state index is 13.6. The summed E-state index contributed by atoms with van der Waals surface area (Å²) in [4.78, 5) is 4.67. The molecule has 2 aromatic carbocycles. The first-order valence-corrected chi connectivity index (χ1v) is 11.6. The van der Waals surface area contributed by atoms with Crippen LogP contribution in [0.1, 0.15) is 72.4 Å². The summed E-state index contributed by atoms with van der Waals surface area (Å²) < 4.78 is 0. The van der Waals surface area contributed by atoms with E-state index < -0.39 is 6.10 Å². The molecule has 5 aliphatic carbocycles. The number of nitrogens with zero attached hydrogens (tertiary/aromatic N) is 1. The van der Waals surface area contributed by atoms with Crippen LogP contribution in [-0.4, -0.2) is 36.7 Å². The van der Waals surface area contributed by atoms with Gasteiger partial charge in [0.2, 0.25) is 0 Å². The van der Waals surface area contributed by atoms with Crippen molar-refractivity contribution in [3.05, 3.63) is 64.2 Å². The molecular formula is C27H29CrF6NO2Sb-5. The number of halogens is 6. The summed E-state index contributed by atoms with van der Waals surface area (Å²) >= 11 is 0. The zero-order valence-corrected chi connectivity index (χ0v) is 24.6. The Labute approximate surface area is 247 Å². The summed E-state index contributed by atoms with van der Waals surface area (Å²) in [5.74, 6) is 2.58. The molecule has 0 spiro atoms. The third kappa shape index (κ3) is 6.92. The molecule has 5 aliphatic rings. The normalized spacial score (nSPS) is 28.8. The van der Waals surface area contributed by atoms with E-state index in [-0.39, 0.29) is 87.2 Å². The van der Waals surface area contributed by atoms with Crippen molar-refractivity contribution >= 4 is 30.6 Å². The Kier molecular flexibility index (Phi) is 16.9. The first-order chi connectivity index (χ1) is 14.5. The van der Waals surface area contributed by atoms with Crippen LogP contribution in [0.4, 0.5) is 0 Å². The second-order valence-corrected chi connectivity index (χ2v) is 10.6. The number of fused-ring (bicyclic) bond motifs is 1. The van der Waals surface area contributed by atoms with Gasteiger partial charge in [0.1, 0.15) is 0 Å². The summed E-state index contributed by atoms with van der Waals surface area (Å²) in [5.41, 5.74) is 5.04. The molecule has 0 aromatic heterocycles. The van der Waals surface area contributed by atoms with Gasteiger partial charge in [-0.25, -0.2) is 0 Å². The molecule has 0 heterocycles. The van der Waals surface area contributed by atoms with Gasteiger partial charge >= 0.3 is 17.4 Å². The Morgan fingerprint density at radius 3 is 1.95 bits per heavy atom. The minimum atomic E-state index is -0.763. The summed E-state index contributed by atoms with van der Waals surface area (Å²) in [5, 5.41) is 26.2. The number of benzene rings is 2. The molecule has 4 bridgehead atoms. The third-order valence-electron chi connectivity index (χ3n) is 8.39. The average molecular weight is 687 g/mol. The number of aliphatic imine (C=N–C) groups is 1. The van der Waals surface area contributed by atoms with Crippen molar-refractivity contribution < 1.29 is 55.8 Å². The van der Waals surface area contributed by atoms with Gasteiger partial charge < -0.3 is 38.4 Å². The van der Waals surface area contributed by atoms with E-state index in [1.165, 1.54) is 38.5 Å². The predicted octanol–water partition coefficient (Wildman–Crippen LogP) is -14.4. The maximum atomic E-state index is 13.6. The van der Waals surface area contributed by atoms with Gasteiger partial charge in [0, 0.05) is 30.6 Å². The summed E-state index contributed by atoms with van der Waals surface area (Å²) in [6.07, 6.45) is 9.15. The van der Waals surface area contributed by atoms with Crippen LogP contribution in [0.2, 0.25) is 0 Å². The Morgan fingerprint density at radius 2 is 1.39 bits per heavy atom. The minimum Gasteiger partial charge on any atom is -1.00 e. The molecular weight excluding hydrogens is 658 g/mol. The van der Waals surface area contributed by atoms with Crippen LogP contribution >= 0.6 is 0 Å². The van der Waals surface area contributed by atoms with Crippen LogP contribution in [0.25, 0.3) is 0 Å². The van der Waals surface area contributed by atoms with Gasteiger partial charge in [0.25, 0.3) is 0 Å². The summed E-state index contributed by atoms with van der Waals surface area (Å²) in [6.45, 7) is 2.09. The van der Waals surface area contributed by atoms with Crippen molar-refractivity contribution in [2.75, 3.05) is 0 Å². The van der Waals surface area contributed by atoms with Crippen LogP contribution in [-0.2, 0) is 29.2 Å². The van der Waals surface area contributed by atoms with E-state index in [1.807, 2.05) is 30.3 Å². The van der Waals surface area contributed by atoms with Gasteiger partial charge in [-0.3, -0.25) is 4.99 Å². The van der Waals surface area contributed by atoms with Crippen LogP contribution < -0.4 is 38.4 Å². The molecule has 2 unspecified atom stereocenters. The second-order valence-electron chi connectivity index (χ2n) is 10.6. The fourth-order valence-electron chi connectivity index (χ4n) is 7.61. The van der Waals surface area contributed by atoms with Crippen molar-refractivity contribution in [3.8, 4) is 5.75 Å². The smallest absolute Gasteiger partial charge is 1.00 e. The molecule has 2 atom stereocenters. The molecule has 0 aliphatic heterocycles. The Bertz CT molecular complexity index is 1020. The van der Waals surface area contributed by atoms with Crippen LogP contribution in [0.5, 0.6) is 5.75 Å². The van der Waals surface area contributed by atoms with Crippen molar-refractivity contribution in [2.24, 2.45) is 22.7 Å². The molecule has 212 valence electrons. The van der Waals surface area contributed by atoms with Gasteiger partial charge in [-0.1, -0.05) is 53.8 Å². The van der Waals surface area contributed by atoms with E-state index in [1.54, 1.807) is 6.21 Å². The molecule has 4 radical (unpaired) electrons. The fraction of sp³-hybridized carbons (Fsp3) is 0.519. The second kappa shape index (κ2) is 15.6. The van der Waals surface area contributed by atoms with Crippen molar-refractivity contribution in [1.82, 2.24) is 0 Å². The Hall–Kier alpha value is -1.20. The molecule has 0 N–H and O–H groups in total. The molecule has 4 saturated carbocycles. The van der Waals surface area contributed by atoms with Gasteiger partial charge in [0.05, 0.1) is 6.04 Å². The van der Waals surface area contributed by atoms with Crippen molar-refractivity contribution in [2.45, 2.75) is 69.4 Å². The number of aryl methyl sites for hydroxylation is 1. The Balaban J connectivity index is -0.00000153. The van der Waals surface area contributed by atoms with Crippen LogP contribution in [0.3, 0.4) is 0 Å². The number of hydrogen-bond donors (Lipinski definition) is 0. The van der Waals surface area contributed by atoms with E-state index in [0.29, 0.717) is 12.0 Å². The minimum absolute atomic E-state index is 0. The topological polar surface area (TPSA) is 58.5 Å². The van der Waals surface area contributed by atoms with E-state index in [9.17, 15) is 10.2 Å². The maximum Gasteiger partial charge on any atom is 3.00 e. The third-order valence-corrected chi connectivity index (χ3v) is 8.39. The molecule has 0 saturated heterocycles. The largest absolute Gasteiger partial charge is 3.00 e.